The van der Waals surface area contributed by atoms with Gasteiger partial charge in [-0.25, -0.2) is 0 Å². The fraction of sp³-hybridized carbons (Fsp3) is 0.250. The Hall–Kier alpha value is -0.458. The van der Waals surface area contributed by atoms with Crippen molar-refractivity contribution < 1.29 is 4.92 Å². The third kappa shape index (κ3) is 2.26. The van der Waals surface area contributed by atoms with Gasteiger partial charge in [0.05, 0.1) is 4.92 Å². The average Bonchev–Trinajstić information content (AvgIpc) is 1.94. The Labute approximate surface area is 91.1 Å². The molecule has 0 saturated heterocycles. The van der Waals surface area contributed by atoms with Crippen LogP contribution in [-0.4, -0.2) is 32.2 Å². The number of nitrogens with zero attached hydrogens (tertiary/aromatic N) is 1. The topological polar surface area (TPSA) is 43.1 Å². The van der Waals surface area contributed by atoms with Crippen LogP contribution in [0.3, 0.4) is 0 Å². The van der Waals surface area contributed by atoms with E-state index in [4.69, 9.17) is 0 Å². The monoisotopic (exact) mass is 359 g/mol. The van der Waals surface area contributed by atoms with Gasteiger partial charge in [-0.1, -0.05) is 12.1 Å². The van der Waals surface area contributed by atoms with Gasteiger partial charge < -0.3 is 0 Å². The molecule has 0 spiro atoms. The van der Waals surface area contributed by atoms with E-state index in [1.54, 1.807) is 13.0 Å². The predicted octanol–water partition coefficient (Wildman–Crippen LogP) is 1.83. The van der Waals surface area contributed by atoms with Crippen molar-refractivity contribution in [2.24, 2.45) is 0 Å². The molecule has 0 heterocycles. The van der Waals surface area contributed by atoms with Gasteiger partial charge in [0.25, 0.3) is 5.69 Å². The van der Waals surface area contributed by atoms with E-state index in [0.29, 0.717) is 0 Å². The number of nitro benzene ring substituents is 1. The van der Waals surface area contributed by atoms with E-state index in [0.717, 1.165) is 11.1 Å². The molecular formula is C8H9NO2Pb. The summed E-state index contributed by atoms with van der Waals surface area (Å²) in [6, 6.07) is 5.07. The first-order valence-electron chi connectivity index (χ1n) is 3.33. The van der Waals surface area contributed by atoms with E-state index in [1.165, 1.54) is 6.07 Å². The van der Waals surface area contributed by atoms with Gasteiger partial charge in [-0.2, -0.15) is 0 Å². The molecule has 0 aliphatic carbocycles. The summed E-state index contributed by atoms with van der Waals surface area (Å²) in [6.07, 6.45) is 0. The summed E-state index contributed by atoms with van der Waals surface area (Å²) < 4.78 is 0. The molecule has 12 heavy (non-hydrogen) atoms. The summed E-state index contributed by atoms with van der Waals surface area (Å²) in [5.41, 5.74) is 1.90. The summed E-state index contributed by atoms with van der Waals surface area (Å²) >= 11 is 0. The Bertz CT molecular complexity index is 299. The number of benzene rings is 1. The number of hydrogen-bond acceptors (Lipinski definition) is 2. The standard InChI is InChI=1S/C8H9NO2.Pb/c1-6-4-3-5-8(7(6)2)9(10)11;/h3-5H,1-2H3;. The van der Waals surface area contributed by atoms with Crippen LogP contribution in [0.5, 0.6) is 0 Å². The van der Waals surface area contributed by atoms with Gasteiger partial charge in [-0.3, -0.25) is 10.1 Å². The summed E-state index contributed by atoms with van der Waals surface area (Å²) in [5, 5.41) is 10.4. The van der Waals surface area contributed by atoms with E-state index in [-0.39, 0.29) is 37.9 Å². The first-order chi connectivity index (χ1) is 5.13. The molecule has 1 aromatic carbocycles. The van der Waals surface area contributed by atoms with Crippen LogP contribution < -0.4 is 0 Å². The van der Waals surface area contributed by atoms with Crippen molar-refractivity contribution in [1.29, 1.82) is 0 Å². The molecular weight excluding hydrogens is 349 g/mol. The number of nitro groups is 1. The van der Waals surface area contributed by atoms with Crippen molar-refractivity contribution in [2.45, 2.75) is 13.8 Å². The van der Waals surface area contributed by atoms with Crippen molar-refractivity contribution in [2.75, 3.05) is 0 Å². The molecule has 1 rings (SSSR count). The van der Waals surface area contributed by atoms with E-state index in [1.807, 2.05) is 13.0 Å². The van der Waals surface area contributed by atoms with Gasteiger partial charge in [0.1, 0.15) is 0 Å². The van der Waals surface area contributed by atoms with Gasteiger partial charge in [0.2, 0.25) is 0 Å². The van der Waals surface area contributed by atoms with Crippen LogP contribution >= 0.6 is 0 Å². The largest absolute Gasteiger partial charge is 0.272 e. The summed E-state index contributed by atoms with van der Waals surface area (Å²) in [6.45, 7) is 3.62. The minimum absolute atomic E-state index is 0. The maximum absolute atomic E-state index is 10.4. The average molecular weight is 358 g/mol. The molecule has 0 N–H and O–H groups in total. The van der Waals surface area contributed by atoms with Gasteiger partial charge in [0.15, 0.2) is 0 Å². The van der Waals surface area contributed by atoms with Crippen LogP contribution in [0, 0.1) is 24.0 Å². The van der Waals surface area contributed by atoms with Gasteiger partial charge >= 0.3 is 0 Å². The van der Waals surface area contributed by atoms with Gasteiger partial charge in [-0.15, -0.1) is 0 Å². The van der Waals surface area contributed by atoms with E-state index >= 15 is 0 Å². The van der Waals surface area contributed by atoms with Crippen molar-refractivity contribution in [1.82, 2.24) is 0 Å². The fourth-order valence-electron chi connectivity index (χ4n) is 0.933. The van der Waals surface area contributed by atoms with Gasteiger partial charge in [0, 0.05) is 38.9 Å². The zero-order chi connectivity index (χ0) is 8.43. The minimum atomic E-state index is -0.359. The van der Waals surface area contributed by atoms with E-state index in [2.05, 4.69) is 0 Å². The quantitative estimate of drug-likeness (QED) is 0.437. The zero-order valence-electron chi connectivity index (χ0n) is 7.00. The molecule has 0 atom stereocenters. The summed E-state index contributed by atoms with van der Waals surface area (Å²) in [4.78, 5) is 10.0. The molecule has 1 aromatic rings. The van der Waals surface area contributed by atoms with Crippen molar-refractivity contribution in [3.8, 4) is 0 Å². The van der Waals surface area contributed by atoms with Crippen LogP contribution in [0.2, 0.25) is 0 Å². The SMILES string of the molecule is Cc1cccc([N+](=O)[O-])c1C.[Pb]. The third-order valence-electron chi connectivity index (χ3n) is 1.77. The number of hydrogen-bond donors (Lipinski definition) is 0. The second kappa shape index (κ2) is 4.54. The van der Waals surface area contributed by atoms with Crippen LogP contribution in [0.1, 0.15) is 11.1 Å². The Morgan fingerprint density at radius 2 is 1.92 bits per heavy atom. The molecule has 0 aliphatic heterocycles. The summed E-state index contributed by atoms with van der Waals surface area (Å²) in [5.74, 6) is 0. The predicted molar refractivity (Wildman–Crippen MR) is 48.3 cm³/mol. The second-order valence-electron chi connectivity index (χ2n) is 2.48. The molecule has 0 bridgehead atoms. The van der Waals surface area contributed by atoms with Gasteiger partial charge in [-0.05, 0) is 19.4 Å². The third-order valence-corrected chi connectivity index (χ3v) is 1.77. The first-order valence-corrected chi connectivity index (χ1v) is 3.33. The fourth-order valence-corrected chi connectivity index (χ4v) is 0.933. The minimum Gasteiger partial charge on any atom is -0.258 e. The molecule has 4 radical (unpaired) electrons. The molecule has 62 valence electrons. The van der Waals surface area contributed by atoms with Crippen molar-refractivity contribution in [3.63, 3.8) is 0 Å². The number of rotatable bonds is 1. The van der Waals surface area contributed by atoms with Crippen LogP contribution in [-0.2, 0) is 0 Å². The number of aryl methyl sites for hydroxylation is 1. The molecule has 0 aromatic heterocycles. The van der Waals surface area contributed by atoms with Crippen LogP contribution in [0.15, 0.2) is 18.2 Å². The van der Waals surface area contributed by atoms with Crippen LogP contribution in [0.25, 0.3) is 0 Å². The molecule has 0 aliphatic rings. The smallest absolute Gasteiger partial charge is 0.258 e. The molecule has 3 nitrogen and oxygen atoms in total. The molecule has 0 fully saturated rings. The van der Waals surface area contributed by atoms with E-state index in [9.17, 15) is 10.1 Å². The first kappa shape index (κ1) is 11.5. The molecule has 4 heteroatoms. The Kier molecular flexibility index (Phi) is 4.37. The Morgan fingerprint density at radius 1 is 1.33 bits per heavy atom. The maximum atomic E-state index is 10.4. The Morgan fingerprint density at radius 3 is 2.33 bits per heavy atom. The van der Waals surface area contributed by atoms with E-state index < -0.39 is 0 Å². The molecule has 0 amide bonds. The van der Waals surface area contributed by atoms with Crippen molar-refractivity contribution >= 4 is 33.0 Å². The normalized spacial score (nSPS) is 8.83. The molecule has 0 unspecified atom stereocenters. The zero-order valence-corrected chi connectivity index (χ0v) is 10.9. The second-order valence-corrected chi connectivity index (χ2v) is 2.48. The Balaban J connectivity index is 0.00000121. The van der Waals surface area contributed by atoms with Crippen molar-refractivity contribution in [3.05, 3.63) is 39.4 Å². The molecule has 0 saturated carbocycles. The van der Waals surface area contributed by atoms with Crippen LogP contribution in [0.4, 0.5) is 5.69 Å². The maximum Gasteiger partial charge on any atom is 0.272 e. The summed E-state index contributed by atoms with van der Waals surface area (Å²) in [7, 11) is 0.